The lowest BCUT2D eigenvalue weighted by molar-refractivity contribution is 0.174. The lowest BCUT2D eigenvalue weighted by atomic mass is 9.95. The molecule has 0 aliphatic heterocycles. The molecule has 1 aromatic carbocycles. The van der Waals surface area contributed by atoms with Gasteiger partial charge in [0, 0.05) is 24.2 Å². The Morgan fingerprint density at radius 2 is 2.11 bits per heavy atom. The Kier molecular flexibility index (Phi) is 6.69. The zero-order chi connectivity index (χ0) is 13.5. The molecule has 2 N–H and O–H groups in total. The smallest absolute Gasteiger partial charge is 0.0409 e. The molecule has 0 bridgehead atoms. The van der Waals surface area contributed by atoms with Crippen molar-refractivity contribution in [1.82, 2.24) is 4.90 Å². The fourth-order valence-corrected chi connectivity index (χ4v) is 2.75. The number of likely N-dealkylation sites (N-methyl/N-ethyl adjacent to an activating group) is 1. The van der Waals surface area contributed by atoms with Gasteiger partial charge in [0.25, 0.3) is 0 Å². The first-order valence-electron chi connectivity index (χ1n) is 6.73. The van der Waals surface area contributed by atoms with E-state index in [2.05, 4.69) is 31.9 Å². The van der Waals surface area contributed by atoms with Crippen LogP contribution in [0.5, 0.6) is 0 Å². The van der Waals surface area contributed by atoms with E-state index in [4.69, 9.17) is 17.3 Å². The number of halogens is 1. The van der Waals surface area contributed by atoms with E-state index in [-0.39, 0.29) is 0 Å². The number of nitrogens with two attached hydrogens (primary N) is 1. The van der Waals surface area contributed by atoms with Crippen LogP contribution in [0, 0.1) is 5.92 Å². The summed E-state index contributed by atoms with van der Waals surface area (Å²) in [5.74, 6) is 0.629. The fourth-order valence-electron chi connectivity index (χ4n) is 2.53. The summed E-state index contributed by atoms with van der Waals surface area (Å²) in [6.45, 7) is 6.12. The molecule has 0 amide bonds. The first-order chi connectivity index (χ1) is 8.58. The highest BCUT2D eigenvalue weighted by molar-refractivity contribution is 6.30. The summed E-state index contributed by atoms with van der Waals surface area (Å²) in [6, 6.07) is 8.48. The lowest BCUT2D eigenvalue weighted by Gasteiger charge is -2.32. The van der Waals surface area contributed by atoms with Gasteiger partial charge in [0.2, 0.25) is 0 Å². The van der Waals surface area contributed by atoms with Gasteiger partial charge in [-0.3, -0.25) is 4.90 Å². The molecule has 2 nitrogen and oxygen atoms in total. The maximum Gasteiger partial charge on any atom is 0.0409 e. The minimum atomic E-state index is 0.434. The van der Waals surface area contributed by atoms with Crippen molar-refractivity contribution in [1.29, 1.82) is 0 Å². The van der Waals surface area contributed by atoms with Crippen LogP contribution in [0.2, 0.25) is 5.02 Å². The van der Waals surface area contributed by atoms with E-state index in [1.54, 1.807) is 0 Å². The van der Waals surface area contributed by atoms with Gasteiger partial charge in [0.15, 0.2) is 0 Å². The molecule has 18 heavy (non-hydrogen) atoms. The van der Waals surface area contributed by atoms with Crippen LogP contribution in [0.25, 0.3) is 0 Å². The van der Waals surface area contributed by atoms with Gasteiger partial charge >= 0.3 is 0 Å². The monoisotopic (exact) mass is 268 g/mol. The predicted octanol–water partition coefficient (Wildman–Crippen LogP) is 3.54. The van der Waals surface area contributed by atoms with Gasteiger partial charge in [-0.25, -0.2) is 0 Å². The summed E-state index contributed by atoms with van der Waals surface area (Å²) in [4.78, 5) is 2.34. The van der Waals surface area contributed by atoms with Gasteiger partial charge < -0.3 is 5.73 Å². The van der Waals surface area contributed by atoms with E-state index < -0.39 is 0 Å². The first-order valence-corrected chi connectivity index (χ1v) is 7.11. The molecular formula is C15H25ClN2. The molecule has 0 saturated heterocycles. The number of nitrogens with zero attached hydrogens (tertiary/aromatic N) is 1. The van der Waals surface area contributed by atoms with Crippen molar-refractivity contribution in [2.75, 3.05) is 13.6 Å². The topological polar surface area (TPSA) is 29.3 Å². The van der Waals surface area contributed by atoms with Crippen molar-refractivity contribution in [3.63, 3.8) is 0 Å². The molecule has 2 atom stereocenters. The fraction of sp³-hybridized carbons (Fsp3) is 0.600. The van der Waals surface area contributed by atoms with Crippen molar-refractivity contribution in [2.45, 2.75) is 39.3 Å². The Hall–Kier alpha value is -0.570. The van der Waals surface area contributed by atoms with E-state index in [1.807, 2.05) is 18.2 Å². The van der Waals surface area contributed by atoms with E-state index in [0.29, 0.717) is 18.5 Å². The lowest BCUT2D eigenvalue weighted by Crippen LogP contribution is -2.42. The van der Waals surface area contributed by atoms with Crippen LogP contribution in [0.15, 0.2) is 24.3 Å². The molecular weight excluding hydrogens is 244 g/mol. The Labute approximate surface area is 116 Å². The summed E-state index contributed by atoms with van der Waals surface area (Å²) < 4.78 is 0. The molecule has 0 aliphatic rings. The van der Waals surface area contributed by atoms with Crippen LogP contribution in [0.1, 0.15) is 32.3 Å². The molecule has 1 rings (SSSR count). The summed E-state index contributed by atoms with van der Waals surface area (Å²) in [5, 5.41) is 0.798. The van der Waals surface area contributed by atoms with Gasteiger partial charge in [0.05, 0.1) is 0 Å². The highest BCUT2D eigenvalue weighted by Crippen LogP contribution is 2.18. The largest absolute Gasteiger partial charge is 0.329 e. The first kappa shape index (κ1) is 15.5. The highest BCUT2D eigenvalue weighted by Gasteiger charge is 2.19. The van der Waals surface area contributed by atoms with Crippen LogP contribution in [0.4, 0.5) is 0 Å². The van der Waals surface area contributed by atoms with E-state index >= 15 is 0 Å². The number of rotatable bonds is 7. The number of hydrogen-bond acceptors (Lipinski definition) is 2. The Balaban J connectivity index is 2.64. The van der Waals surface area contributed by atoms with Crippen LogP contribution in [0.3, 0.4) is 0 Å². The van der Waals surface area contributed by atoms with Gasteiger partial charge in [-0.1, -0.05) is 44.0 Å². The maximum atomic E-state index is 6.01. The average Bonchev–Trinajstić information content (AvgIpc) is 2.30. The third-order valence-corrected chi connectivity index (χ3v) is 3.76. The third kappa shape index (κ3) is 4.60. The van der Waals surface area contributed by atoms with Crippen molar-refractivity contribution in [3.8, 4) is 0 Å². The minimum Gasteiger partial charge on any atom is -0.329 e. The van der Waals surface area contributed by atoms with Gasteiger partial charge in [-0.15, -0.1) is 0 Å². The Morgan fingerprint density at radius 3 is 2.67 bits per heavy atom. The van der Waals surface area contributed by atoms with Crippen LogP contribution in [-0.4, -0.2) is 24.5 Å². The molecule has 0 spiro atoms. The zero-order valence-electron chi connectivity index (χ0n) is 11.7. The normalized spacial score (nSPS) is 14.8. The van der Waals surface area contributed by atoms with Crippen molar-refractivity contribution < 1.29 is 0 Å². The second-order valence-electron chi connectivity index (χ2n) is 5.11. The maximum absolute atomic E-state index is 6.01. The third-order valence-electron chi connectivity index (χ3n) is 3.53. The SMILES string of the molecule is CCCC(C)C(CN)N(C)Cc1cccc(Cl)c1. The van der Waals surface area contributed by atoms with E-state index in [1.165, 1.54) is 18.4 Å². The second-order valence-corrected chi connectivity index (χ2v) is 5.55. The molecule has 0 saturated carbocycles. The van der Waals surface area contributed by atoms with Gasteiger partial charge in [-0.2, -0.15) is 0 Å². The number of benzene rings is 1. The second kappa shape index (κ2) is 7.78. The standard InChI is InChI=1S/C15H25ClN2/c1-4-6-12(2)15(10-17)18(3)11-13-7-5-8-14(16)9-13/h5,7-9,12,15H,4,6,10-11,17H2,1-3H3. The predicted molar refractivity (Wildman–Crippen MR) is 79.8 cm³/mol. The highest BCUT2D eigenvalue weighted by atomic mass is 35.5. The van der Waals surface area contributed by atoms with Crippen LogP contribution < -0.4 is 5.73 Å². The molecule has 0 aromatic heterocycles. The van der Waals surface area contributed by atoms with E-state index in [0.717, 1.165) is 11.6 Å². The molecule has 0 radical (unpaired) electrons. The van der Waals surface area contributed by atoms with Crippen molar-refractivity contribution in [2.24, 2.45) is 11.7 Å². The molecule has 0 fully saturated rings. The quantitative estimate of drug-likeness (QED) is 0.820. The summed E-state index contributed by atoms with van der Waals surface area (Å²) in [7, 11) is 2.14. The van der Waals surface area contributed by atoms with Crippen LogP contribution >= 0.6 is 11.6 Å². The average molecular weight is 269 g/mol. The zero-order valence-corrected chi connectivity index (χ0v) is 12.5. The molecule has 3 heteroatoms. The summed E-state index contributed by atoms with van der Waals surface area (Å²) >= 11 is 6.01. The minimum absolute atomic E-state index is 0.434. The summed E-state index contributed by atoms with van der Waals surface area (Å²) in [5.41, 5.74) is 7.16. The number of hydrogen-bond donors (Lipinski definition) is 1. The summed E-state index contributed by atoms with van der Waals surface area (Å²) in [6.07, 6.45) is 2.43. The molecule has 102 valence electrons. The molecule has 0 aliphatic carbocycles. The van der Waals surface area contributed by atoms with E-state index in [9.17, 15) is 0 Å². The molecule has 0 heterocycles. The van der Waals surface area contributed by atoms with Crippen molar-refractivity contribution >= 4 is 11.6 Å². The van der Waals surface area contributed by atoms with Gasteiger partial charge in [-0.05, 0) is 37.1 Å². The van der Waals surface area contributed by atoms with Gasteiger partial charge in [0.1, 0.15) is 0 Å². The molecule has 2 unspecified atom stereocenters. The molecule has 1 aromatic rings. The Bertz CT molecular complexity index is 354. The Morgan fingerprint density at radius 1 is 1.39 bits per heavy atom. The van der Waals surface area contributed by atoms with Crippen LogP contribution in [-0.2, 0) is 6.54 Å². The van der Waals surface area contributed by atoms with Crippen molar-refractivity contribution in [3.05, 3.63) is 34.9 Å².